The van der Waals surface area contributed by atoms with Crippen LogP contribution in [0.5, 0.6) is 0 Å². The van der Waals surface area contributed by atoms with Crippen LogP contribution in [0.3, 0.4) is 0 Å². The van der Waals surface area contributed by atoms with E-state index in [1.807, 2.05) is 0 Å². The largest absolute Gasteiger partial charge is 0.311 e. The van der Waals surface area contributed by atoms with Gasteiger partial charge in [0.1, 0.15) is 0 Å². The van der Waals surface area contributed by atoms with Crippen LogP contribution in [0.4, 0.5) is 34.1 Å². The van der Waals surface area contributed by atoms with E-state index in [4.69, 9.17) is 0 Å². The second kappa shape index (κ2) is 43.8. The van der Waals surface area contributed by atoms with Crippen molar-refractivity contribution in [1.29, 1.82) is 0 Å². The zero-order valence-corrected chi connectivity index (χ0v) is 86.3. The van der Waals surface area contributed by atoms with Crippen molar-refractivity contribution in [2.45, 2.75) is 229 Å². The van der Waals surface area contributed by atoms with Crippen molar-refractivity contribution in [3.05, 3.63) is 548 Å². The lowest BCUT2D eigenvalue weighted by atomic mass is 9.67. The quantitative estimate of drug-likeness (QED) is 0.0352. The number of aryl methyl sites for hydroxylation is 4. The minimum Gasteiger partial charge on any atom is -0.311 e. The van der Waals surface area contributed by atoms with Gasteiger partial charge >= 0.3 is 0 Å². The number of unbranched alkanes of at least 4 members (excludes halogenated alkanes) is 20. The highest BCUT2D eigenvalue weighted by molar-refractivity contribution is 5.93. The van der Waals surface area contributed by atoms with Gasteiger partial charge in [-0.3, -0.25) is 0 Å². The third kappa shape index (κ3) is 17.9. The van der Waals surface area contributed by atoms with Crippen molar-refractivity contribution in [3.8, 4) is 55.6 Å². The molecular weight excluding hydrogens is 1760 g/mol. The summed E-state index contributed by atoms with van der Waals surface area (Å²) in [6.45, 7) is 9.23. The molecule has 0 saturated heterocycles. The molecular formula is C144H140N2. The van der Waals surface area contributed by atoms with Gasteiger partial charge in [0.05, 0.1) is 21.7 Å². The molecule has 146 heavy (non-hydrogen) atoms. The van der Waals surface area contributed by atoms with Gasteiger partial charge < -0.3 is 9.80 Å². The summed E-state index contributed by atoms with van der Waals surface area (Å²) in [5.74, 6) is 0. The van der Waals surface area contributed by atoms with Crippen molar-refractivity contribution in [3.63, 3.8) is 0 Å². The fraction of sp³-hybridized carbons (Fsp3) is 0.250. The van der Waals surface area contributed by atoms with E-state index in [9.17, 15) is 0 Å². The zero-order valence-electron chi connectivity index (χ0n) is 86.3. The molecule has 0 amide bonds. The van der Waals surface area contributed by atoms with Gasteiger partial charge in [0.15, 0.2) is 0 Å². The molecule has 18 aromatic carbocycles. The molecule has 0 bridgehead atoms. The van der Waals surface area contributed by atoms with Crippen molar-refractivity contribution < 1.29 is 0 Å². The van der Waals surface area contributed by atoms with Gasteiger partial charge in [0.25, 0.3) is 0 Å². The number of fused-ring (bicyclic) bond motifs is 12. The van der Waals surface area contributed by atoms with E-state index in [0.29, 0.717) is 0 Å². The smallest absolute Gasteiger partial charge is 0.0713 e. The Hall–Kier alpha value is -14.4. The average Bonchev–Trinajstić information content (AvgIpc) is 1.55. The summed E-state index contributed by atoms with van der Waals surface area (Å²) in [6.07, 6.45) is 35.3. The Labute approximate surface area is 870 Å². The number of anilines is 6. The fourth-order valence-corrected chi connectivity index (χ4v) is 26.2. The minimum atomic E-state index is -0.561. The normalized spacial score (nSPS) is 13.6. The first-order valence-corrected chi connectivity index (χ1v) is 55.7. The molecule has 0 fully saturated rings. The van der Waals surface area contributed by atoms with Crippen LogP contribution in [0.25, 0.3) is 55.6 Å². The van der Waals surface area contributed by atoms with Crippen molar-refractivity contribution in [2.24, 2.45) is 0 Å². The predicted molar refractivity (Wildman–Crippen MR) is 619 cm³/mol. The minimum absolute atomic E-state index is 0.561. The van der Waals surface area contributed by atoms with Gasteiger partial charge in [0, 0.05) is 34.1 Å². The molecule has 0 atom stereocenters. The number of rotatable bonds is 43. The molecule has 0 unspecified atom stereocenters. The highest BCUT2D eigenvalue weighted by Gasteiger charge is 2.51. The Kier molecular flexibility index (Phi) is 28.9. The molecule has 2 heteroatoms. The molecule has 0 aliphatic heterocycles. The maximum atomic E-state index is 2.49. The number of nitrogens with zero attached hydrogens (tertiary/aromatic N) is 2. The summed E-state index contributed by atoms with van der Waals surface area (Å²) in [4.78, 5) is 4.99. The van der Waals surface area contributed by atoms with Crippen molar-refractivity contribution in [2.75, 3.05) is 9.80 Å². The van der Waals surface area contributed by atoms with Gasteiger partial charge in [-0.1, -0.05) is 520 Å². The van der Waals surface area contributed by atoms with E-state index in [1.165, 1.54) is 310 Å². The van der Waals surface area contributed by atoms with Gasteiger partial charge in [-0.05, 0) is 291 Å². The Balaban J connectivity index is 0.650. The van der Waals surface area contributed by atoms with Gasteiger partial charge in [-0.25, -0.2) is 0 Å². The van der Waals surface area contributed by atoms with Gasteiger partial charge in [-0.2, -0.15) is 0 Å². The molecule has 0 aromatic heterocycles. The van der Waals surface area contributed by atoms with Crippen LogP contribution >= 0.6 is 0 Å². The lowest BCUT2D eigenvalue weighted by Gasteiger charge is -2.35. The van der Waals surface area contributed by atoms with Gasteiger partial charge in [0.2, 0.25) is 0 Å². The monoisotopic (exact) mass is 1900 g/mol. The molecule has 726 valence electrons. The summed E-state index contributed by atoms with van der Waals surface area (Å²) in [6, 6.07) is 170. The van der Waals surface area contributed by atoms with Crippen LogP contribution < -0.4 is 9.80 Å². The summed E-state index contributed by atoms with van der Waals surface area (Å²) in [7, 11) is 0. The summed E-state index contributed by atoms with van der Waals surface area (Å²) in [5.41, 5.74) is 43.3. The molecule has 2 nitrogen and oxygen atoms in total. The van der Waals surface area contributed by atoms with Crippen LogP contribution in [-0.4, -0.2) is 0 Å². The first kappa shape index (κ1) is 96.4. The highest BCUT2D eigenvalue weighted by atomic mass is 15.1. The Morgan fingerprint density at radius 3 is 0.438 bits per heavy atom. The number of hydrogen-bond acceptors (Lipinski definition) is 2. The average molecular weight is 1900 g/mol. The standard InChI is InChI=1S/C144H140N2/c1-5-9-13-17-21-25-45-105-65-77-111(78-66-105)141(133-57-37-29-49-125(133)126-50-30-38-58-134(126)141)115-85-97-121(98-86-115)145(122-99-87-116(88-100-122)142(112-79-67-106(68-80-112)46-26-22-18-14-10-6-2)135-59-39-31-51-127(135)128-52-32-40-60-136(128)142)119-93-73-109(74-94-119)110-75-95-120(96-76-110)146(123-101-89-117(90-102-123)143(113-81-69-107(70-82-113)47-27-23-19-15-11-7-3)137-61-41-33-53-129(137)130-54-34-42-62-138(130)143)124-103-91-118(92-104-124)144(114-83-71-108(72-84-114)48-28-24-20-16-12-8-4)139-63-43-35-55-131(139)132-56-36-44-64-140(132)144/h29-44,49-104H,5-28,45-48H2,1-4H3. The summed E-state index contributed by atoms with van der Waals surface area (Å²) < 4.78 is 0. The molecule has 4 aliphatic rings. The summed E-state index contributed by atoms with van der Waals surface area (Å²) >= 11 is 0. The van der Waals surface area contributed by atoms with Crippen LogP contribution in [0.15, 0.2) is 437 Å². The second-order valence-electron chi connectivity index (χ2n) is 42.2. The van der Waals surface area contributed by atoms with E-state index in [0.717, 1.165) is 70.9 Å². The first-order valence-electron chi connectivity index (χ1n) is 55.7. The van der Waals surface area contributed by atoms with Crippen molar-refractivity contribution >= 4 is 34.1 Å². The SMILES string of the molecule is CCCCCCCCc1ccc(C2(c3ccc(N(c4ccc(-c5ccc(N(c6ccc(C7(c8ccc(CCCCCCCC)cc8)c8ccccc8-c8ccccc87)cc6)c6ccc(C7(c8ccc(CCCCCCCC)cc8)c8ccccc8-c8ccccc87)cc6)cc5)cc4)c4ccc(C5(c6ccc(CCCCCCCC)cc6)c6ccccc6-c6ccccc65)cc4)cc3)c3ccccc3-c3ccccc32)cc1. The maximum absolute atomic E-state index is 2.49. The molecule has 0 radical (unpaired) electrons. The molecule has 0 saturated carbocycles. The summed E-state index contributed by atoms with van der Waals surface area (Å²) in [5, 5.41) is 0. The Morgan fingerprint density at radius 2 is 0.274 bits per heavy atom. The van der Waals surface area contributed by atoms with Crippen LogP contribution in [0.2, 0.25) is 0 Å². The van der Waals surface area contributed by atoms with E-state index in [2.05, 4.69) is 474 Å². The van der Waals surface area contributed by atoms with E-state index >= 15 is 0 Å². The third-order valence-electron chi connectivity index (χ3n) is 33.5. The molecule has 0 heterocycles. The van der Waals surface area contributed by atoms with E-state index in [1.54, 1.807) is 0 Å². The number of hydrogen-bond donors (Lipinski definition) is 0. The second-order valence-corrected chi connectivity index (χ2v) is 42.2. The van der Waals surface area contributed by atoms with Crippen LogP contribution in [0.1, 0.15) is 293 Å². The topological polar surface area (TPSA) is 6.48 Å². The number of benzene rings is 18. The molecule has 18 aromatic rings. The van der Waals surface area contributed by atoms with Crippen LogP contribution in [-0.2, 0) is 47.3 Å². The van der Waals surface area contributed by atoms with Gasteiger partial charge in [-0.15, -0.1) is 0 Å². The Bertz CT molecular complexity index is 6430. The molecule has 0 N–H and O–H groups in total. The zero-order chi connectivity index (χ0) is 98.6. The van der Waals surface area contributed by atoms with Crippen LogP contribution in [0, 0.1) is 0 Å². The highest BCUT2D eigenvalue weighted by Crippen LogP contribution is 2.62. The lowest BCUT2D eigenvalue weighted by molar-refractivity contribution is 0.607. The fourth-order valence-electron chi connectivity index (χ4n) is 26.2. The molecule has 0 spiro atoms. The van der Waals surface area contributed by atoms with Crippen molar-refractivity contribution in [1.82, 2.24) is 0 Å². The van der Waals surface area contributed by atoms with E-state index < -0.39 is 21.7 Å². The third-order valence-corrected chi connectivity index (χ3v) is 33.5. The Morgan fingerprint density at radius 1 is 0.137 bits per heavy atom. The molecule has 4 aliphatic carbocycles. The first-order chi connectivity index (χ1) is 72.3. The maximum Gasteiger partial charge on any atom is 0.0713 e. The van der Waals surface area contributed by atoms with E-state index in [-0.39, 0.29) is 0 Å². The lowest BCUT2D eigenvalue weighted by Crippen LogP contribution is -2.29. The predicted octanol–water partition coefficient (Wildman–Crippen LogP) is 39.4. The molecule has 22 rings (SSSR count).